The van der Waals surface area contributed by atoms with E-state index in [4.69, 9.17) is 0 Å². The van der Waals surface area contributed by atoms with Crippen molar-refractivity contribution in [2.75, 3.05) is 0 Å². The molecule has 3 aromatic rings. The van der Waals surface area contributed by atoms with Crippen LogP contribution in [0.5, 0.6) is 0 Å². The van der Waals surface area contributed by atoms with Crippen molar-refractivity contribution in [3.8, 4) is 0 Å². The summed E-state index contributed by atoms with van der Waals surface area (Å²) >= 11 is 0. The zero-order valence-electron chi connectivity index (χ0n) is 13.5. The average Bonchev–Trinajstić information content (AvgIpc) is 2.67. The van der Waals surface area contributed by atoms with Gasteiger partial charge >= 0.3 is 11.8 Å². The molecule has 0 aliphatic rings. The summed E-state index contributed by atoms with van der Waals surface area (Å²) in [4.78, 5) is 23.6. The third-order valence-corrected chi connectivity index (χ3v) is 3.70. The van der Waals surface area contributed by atoms with E-state index in [0.29, 0.717) is 6.54 Å². The van der Waals surface area contributed by atoms with Gasteiger partial charge in [0.25, 0.3) is 0 Å². The number of fused-ring (bicyclic) bond motifs is 1. The molecular formula is C20H17N3O2. The first kappa shape index (κ1) is 16.4. The molecule has 0 unspecified atom stereocenters. The van der Waals surface area contributed by atoms with Crippen molar-refractivity contribution >= 4 is 28.8 Å². The summed E-state index contributed by atoms with van der Waals surface area (Å²) in [5.41, 5.74) is 4.03. The first-order valence-corrected chi connectivity index (χ1v) is 7.87. The maximum atomic E-state index is 11.8. The maximum Gasteiger partial charge on any atom is 0.329 e. The standard InChI is InChI=1S/C20H17N3O2/c24-19(21-13-15-7-2-1-3-8-15)20(25)23-22-14-17-11-6-10-16-9-4-5-12-18(16)17/h1-12,14H,13H2,(H,21,24)(H,23,25)/b22-14-. The van der Waals surface area contributed by atoms with Gasteiger partial charge in [-0.1, -0.05) is 72.8 Å². The Balaban J connectivity index is 1.57. The van der Waals surface area contributed by atoms with Crippen molar-refractivity contribution < 1.29 is 9.59 Å². The van der Waals surface area contributed by atoms with E-state index in [0.717, 1.165) is 21.9 Å². The monoisotopic (exact) mass is 331 g/mol. The second-order valence-electron chi connectivity index (χ2n) is 5.44. The molecule has 0 aliphatic heterocycles. The van der Waals surface area contributed by atoms with Crippen molar-refractivity contribution in [3.63, 3.8) is 0 Å². The minimum atomic E-state index is -0.799. The number of amides is 2. The highest BCUT2D eigenvalue weighted by atomic mass is 16.2. The van der Waals surface area contributed by atoms with Crippen LogP contribution >= 0.6 is 0 Å². The van der Waals surface area contributed by atoms with E-state index < -0.39 is 11.8 Å². The van der Waals surface area contributed by atoms with Crippen LogP contribution in [0, 0.1) is 0 Å². The number of rotatable bonds is 4. The van der Waals surface area contributed by atoms with Crippen LogP contribution in [-0.2, 0) is 16.1 Å². The van der Waals surface area contributed by atoms with E-state index >= 15 is 0 Å². The molecule has 0 heterocycles. The van der Waals surface area contributed by atoms with Gasteiger partial charge in [0.05, 0.1) is 6.21 Å². The van der Waals surface area contributed by atoms with Crippen molar-refractivity contribution in [2.45, 2.75) is 6.54 Å². The predicted octanol–water partition coefficient (Wildman–Crippen LogP) is 2.61. The average molecular weight is 331 g/mol. The topological polar surface area (TPSA) is 70.6 Å². The minimum Gasteiger partial charge on any atom is -0.344 e. The lowest BCUT2D eigenvalue weighted by atomic mass is 10.1. The Morgan fingerprint density at radius 2 is 1.56 bits per heavy atom. The fourth-order valence-electron chi connectivity index (χ4n) is 2.43. The summed E-state index contributed by atoms with van der Waals surface area (Å²) in [5.74, 6) is -1.52. The van der Waals surface area contributed by atoms with Gasteiger partial charge in [0.1, 0.15) is 0 Å². The summed E-state index contributed by atoms with van der Waals surface area (Å²) < 4.78 is 0. The van der Waals surface area contributed by atoms with Crippen LogP contribution in [0.2, 0.25) is 0 Å². The molecule has 3 rings (SSSR count). The van der Waals surface area contributed by atoms with E-state index in [1.54, 1.807) is 0 Å². The maximum absolute atomic E-state index is 11.8. The number of carbonyl (C=O) groups is 2. The molecule has 0 bridgehead atoms. The highest BCUT2D eigenvalue weighted by Crippen LogP contribution is 2.16. The van der Waals surface area contributed by atoms with Gasteiger partial charge in [-0.15, -0.1) is 0 Å². The Morgan fingerprint density at radius 3 is 2.40 bits per heavy atom. The minimum absolute atomic E-state index is 0.292. The molecule has 3 aromatic carbocycles. The van der Waals surface area contributed by atoms with Gasteiger partial charge in [0, 0.05) is 12.1 Å². The molecule has 25 heavy (non-hydrogen) atoms. The number of hydrazone groups is 1. The highest BCUT2D eigenvalue weighted by Gasteiger charge is 2.11. The van der Waals surface area contributed by atoms with E-state index in [1.165, 1.54) is 6.21 Å². The third-order valence-electron chi connectivity index (χ3n) is 3.70. The quantitative estimate of drug-likeness (QED) is 0.438. The largest absolute Gasteiger partial charge is 0.344 e. The normalized spacial score (nSPS) is 10.7. The van der Waals surface area contributed by atoms with Crippen LogP contribution in [0.3, 0.4) is 0 Å². The van der Waals surface area contributed by atoms with Crippen molar-refractivity contribution in [1.29, 1.82) is 0 Å². The van der Waals surface area contributed by atoms with Crippen LogP contribution in [0.4, 0.5) is 0 Å². The molecule has 2 N–H and O–H groups in total. The van der Waals surface area contributed by atoms with Gasteiger partial charge in [-0.25, -0.2) is 5.43 Å². The molecule has 0 fully saturated rings. The van der Waals surface area contributed by atoms with Gasteiger partial charge in [-0.3, -0.25) is 9.59 Å². The molecular weight excluding hydrogens is 314 g/mol. The number of nitrogens with zero attached hydrogens (tertiary/aromatic N) is 1. The van der Waals surface area contributed by atoms with Crippen LogP contribution < -0.4 is 10.7 Å². The molecule has 5 heteroatoms. The van der Waals surface area contributed by atoms with Gasteiger partial charge in [0.2, 0.25) is 0 Å². The molecule has 0 aromatic heterocycles. The smallest absolute Gasteiger partial charge is 0.329 e. The highest BCUT2D eigenvalue weighted by molar-refractivity contribution is 6.35. The Kier molecular flexibility index (Phi) is 5.16. The zero-order valence-corrected chi connectivity index (χ0v) is 13.5. The summed E-state index contributed by atoms with van der Waals surface area (Å²) in [5, 5.41) is 8.54. The van der Waals surface area contributed by atoms with Crippen LogP contribution in [0.1, 0.15) is 11.1 Å². The van der Waals surface area contributed by atoms with Crippen LogP contribution in [-0.4, -0.2) is 18.0 Å². The fraction of sp³-hybridized carbons (Fsp3) is 0.0500. The number of nitrogens with one attached hydrogen (secondary N) is 2. The summed E-state index contributed by atoms with van der Waals surface area (Å²) in [7, 11) is 0. The summed E-state index contributed by atoms with van der Waals surface area (Å²) in [6.07, 6.45) is 1.53. The Labute approximate surface area is 145 Å². The van der Waals surface area contributed by atoms with Crippen LogP contribution in [0.25, 0.3) is 10.8 Å². The number of benzene rings is 3. The van der Waals surface area contributed by atoms with E-state index in [9.17, 15) is 9.59 Å². The van der Waals surface area contributed by atoms with E-state index in [-0.39, 0.29) is 0 Å². The Morgan fingerprint density at radius 1 is 0.840 bits per heavy atom. The molecule has 0 saturated carbocycles. The molecule has 0 spiro atoms. The van der Waals surface area contributed by atoms with Crippen LogP contribution in [0.15, 0.2) is 77.9 Å². The molecule has 5 nitrogen and oxygen atoms in total. The number of hydrogen-bond donors (Lipinski definition) is 2. The first-order valence-electron chi connectivity index (χ1n) is 7.87. The third kappa shape index (κ3) is 4.29. The Bertz CT molecular complexity index is 915. The second-order valence-corrected chi connectivity index (χ2v) is 5.44. The summed E-state index contributed by atoms with van der Waals surface area (Å²) in [6.45, 7) is 0.292. The number of carbonyl (C=O) groups excluding carboxylic acids is 2. The second kappa shape index (κ2) is 7.88. The molecule has 0 atom stereocenters. The molecule has 0 aliphatic carbocycles. The van der Waals surface area contributed by atoms with Gasteiger partial charge in [-0.2, -0.15) is 5.10 Å². The van der Waals surface area contributed by atoms with Gasteiger partial charge < -0.3 is 5.32 Å². The first-order chi connectivity index (χ1) is 12.2. The van der Waals surface area contributed by atoms with Crippen molar-refractivity contribution in [1.82, 2.24) is 10.7 Å². The summed E-state index contributed by atoms with van der Waals surface area (Å²) in [6, 6.07) is 23.1. The molecule has 124 valence electrons. The van der Waals surface area contributed by atoms with E-state index in [1.807, 2.05) is 72.8 Å². The molecule has 2 amide bonds. The lowest BCUT2D eigenvalue weighted by Crippen LogP contribution is -2.37. The van der Waals surface area contributed by atoms with Gasteiger partial charge in [-0.05, 0) is 16.3 Å². The SMILES string of the molecule is O=C(NCc1ccccc1)C(=O)N/N=C\c1cccc2ccccc12. The lowest BCUT2D eigenvalue weighted by Gasteiger charge is -2.04. The fourth-order valence-corrected chi connectivity index (χ4v) is 2.43. The lowest BCUT2D eigenvalue weighted by molar-refractivity contribution is -0.139. The zero-order chi connectivity index (χ0) is 17.5. The van der Waals surface area contributed by atoms with Gasteiger partial charge in [0.15, 0.2) is 0 Å². The van der Waals surface area contributed by atoms with Crippen molar-refractivity contribution in [3.05, 3.63) is 83.9 Å². The predicted molar refractivity (Wildman–Crippen MR) is 98.0 cm³/mol. The Hall–Kier alpha value is -3.47. The number of hydrogen-bond acceptors (Lipinski definition) is 3. The van der Waals surface area contributed by atoms with Crippen molar-refractivity contribution in [2.24, 2.45) is 5.10 Å². The molecule has 0 saturated heterocycles. The van der Waals surface area contributed by atoms with E-state index in [2.05, 4.69) is 15.8 Å². The molecule has 0 radical (unpaired) electrons.